The fraction of sp³-hybridized carbons (Fsp3) is 0.462. The summed E-state index contributed by atoms with van der Waals surface area (Å²) in [6.07, 6.45) is 2.07. The van der Waals surface area contributed by atoms with Gasteiger partial charge in [0.25, 0.3) is 0 Å². The third kappa shape index (κ3) is 3.13. The van der Waals surface area contributed by atoms with Gasteiger partial charge in [-0.2, -0.15) is 0 Å². The molecule has 0 aromatic heterocycles. The summed E-state index contributed by atoms with van der Waals surface area (Å²) in [5.74, 6) is -0.367. The molecular formula is C13H18N2O3. The van der Waals surface area contributed by atoms with Gasteiger partial charge >= 0.3 is 5.97 Å². The van der Waals surface area contributed by atoms with Crippen LogP contribution in [0.1, 0.15) is 23.2 Å². The minimum absolute atomic E-state index is 0.256. The quantitative estimate of drug-likeness (QED) is 0.694. The van der Waals surface area contributed by atoms with E-state index in [1.807, 2.05) is 0 Å². The molecule has 1 aromatic rings. The number of nitrogen functional groups attached to an aromatic ring is 1. The molecule has 1 fully saturated rings. The van der Waals surface area contributed by atoms with Crippen molar-refractivity contribution in [3.8, 4) is 0 Å². The summed E-state index contributed by atoms with van der Waals surface area (Å²) in [6.45, 7) is 2.38. The molecule has 0 saturated carbocycles. The van der Waals surface area contributed by atoms with Gasteiger partial charge in [-0.1, -0.05) is 0 Å². The third-order valence-corrected chi connectivity index (χ3v) is 3.17. The molecule has 0 bridgehead atoms. The minimum atomic E-state index is -0.943. The second kappa shape index (κ2) is 5.73. The highest BCUT2D eigenvalue weighted by atomic mass is 16.5. The van der Waals surface area contributed by atoms with Gasteiger partial charge in [0.05, 0.1) is 11.3 Å². The predicted octanol–water partition coefficient (Wildman–Crippen LogP) is 1.81. The summed E-state index contributed by atoms with van der Waals surface area (Å²) in [6, 6.07) is 4.78. The van der Waals surface area contributed by atoms with E-state index < -0.39 is 5.97 Å². The normalized spacial score (nSPS) is 18.8. The zero-order chi connectivity index (χ0) is 13.0. The average molecular weight is 250 g/mol. The van der Waals surface area contributed by atoms with Crippen molar-refractivity contribution in [1.29, 1.82) is 0 Å². The summed E-state index contributed by atoms with van der Waals surface area (Å²) < 4.78 is 5.30. The molecule has 5 heteroatoms. The summed E-state index contributed by atoms with van der Waals surface area (Å²) in [7, 11) is 0. The monoisotopic (exact) mass is 250 g/mol. The van der Waals surface area contributed by atoms with E-state index in [-0.39, 0.29) is 5.56 Å². The van der Waals surface area contributed by atoms with Gasteiger partial charge in [0.2, 0.25) is 0 Å². The van der Waals surface area contributed by atoms with Crippen LogP contribution < -0.4 is 11.1 Å². The van der Waals surface area contributed by atoms with Crippen molar-refractivity contribution in [3.05, 3.63) is 23.8 Å². The van der Waals surface area contributed by atoms with Crippen LogP contribution >= 0.6 is 0 Å². The van der Waals surface area contributed by atoms with Crippen molar-refractivity contribution in [2.24, 2.45) is 5.92 Å². The van der Waals surface area contributed by atoms with Crippen LogP contribution in [0.25, 0.3) is 0 Å². The number of carbonyl (C=O) groups is 1. The molecule has 1 aromatic carbocycles. The van der Waals surface area contributed by atoms with Crippen molar-refractivity contribution in [3.63, 3.8) is 0 Å². The number of anilines is 2. The summed E-state index contributed by atoms with van der Waals surface area (Å²) >= 11 is 0. The highest BCUT2D eigenvalue weighted by Crippen LogP contribution is 2.21. The van der Waals surface area contributed by atoms with Crippen LogP contribution in [0, 0.1) is 5.92 Å². The van der Waals surface area contributed by atoms with Gasteiger partial charge in [-0.3, -0.25) is 0 Å². The molecule has 1 aliphatic heterocycles. The lowest BCUT2D eigenvalue weighted by atomic mass is 10.1. The Morgan fingerprint density at radius 3 is 3.06 bits per heavy atom. The first-order valence-electron chi connectivity index (χ1n) is 6.11. The lowest BCUT2D eigenvalue weighted by molar-refractivity contribution is 0.0698. The lowest BCUT2D eigenvalue weighted by Crippen LogP contribution is -2.12. The topological polar surface area (TPSA) is 84.6 Å². The van der Waals surface area contributed by atoms with Gasteiger partial charge < -0.3 is 20.9 Å². The average Bonchev–Trinajstić information content (AvgIpc) is 2.82. The third-order valence-electron chi connectivity index (χ3n) is 3.17. The summed E-state index contributed by atoms with van der Waals surface area (Å²) in [5.41, 5.74) is 7.07. The molecule has 0 spiro atoms. The molecule has 18 heavy (non-hydrogen) atoms. The number of hydrogen-bond acceptors (Lipinski definition) is 4. The van der Waals surface area contributed by atoms with Gasteiger partial charge in [0.15, 0.2) is 0 Å². The van der Waals surface area contributed by atoms with Crippen LogP contribution in [-0.4, -0.2) is 30.8 Å². The van der Waals surface area contributed by atoms with Gasteiger partial charge in [-0.05, 0) is 37.0 Å². The van der Waals surface area contributed by atoms with E-state index in [0.717, 1.165) is 32.6 Å². The Kier molecular flexibility index (Phi) is 4.04. The zero-order valence-corrected chi connectivity index (χ0v) is 10.2. The number of ether oxygens (including phenoxy) is 1. The van der Waals surface area contributed by atoms with E-state index in [1.54, 1.807) is 12.1 Å². The van der Waals surface area contributed by atoms with Crippen molar-refractivity contribution in [2.45, 2.75) is 12.8 Å². The molecule has 1 unspecified atom stereocenters. The van der Waals surface area contributed by atoms with Crippen LogP contribution in [0.15, 0.2) is 18.2 Å². The molecular weight excluding hydrogens is 232 g/mol. The maximum Gasteiger partial charge on any atom is 0.337 e. The number of carboxylic acid groups (broad SMARTS) is 1. The summed E-state index contributed by atoms with van der Waals surface area (Å²) in [5, 5.41) is 12.2. The van der Waals surface area contributed by atoms with Crippen molar-refractivity contribution in [2.75, 3.05) is 30.8 Å². The second-order valence-corrected chi connectivity index (χ2v) is 4.56. The zero-order valence-electron chi connectivity index (χ0n) is 10.2. The Morgan fingerprint density at radius 1 is 1.56 bits per heavy atom. The van der Waals surface area contributed by atoms with E-state index in [9.17, 15) is 4.79 Å². The van der Waals surface area contributed by atoms with Gasteiger partial charge in [-0.25, -0.2) is 4.79 Å². The van der Waals surface area contributed by atoms with Crippen LogP contribution in [0.3, 0.4) is 0 Å². The Labute approximate surface area is 106 Å². The molecule has 1 saturated heterocycles. The molecule has 1 atom stereocenters. The Bertz CT molecular complexity index is 428. The maximum atomic E-state index is 11.1. The fourth-order valence-corrected chi connectivity index (χ4v) is 2.12. The number of carboxylic acids is 1. The number of aromatic carboxylic acids is 1. The van der Waals surface area contributed by atoms with Gasteiger partial charge in [0, 0.05) is 25.4 Å². The molecule has 1 aliphatic rings. The van der Waals surface area contributed by atoms with E-state index in [2.05, 4.69) is 5.32 Å². The van der Waals surface area contributed by atoms with E-state index >= 15 is 0 Å². The number of rotatable bonds is 5. The fourth-order valence-electron chi connectivity index (χ4n) is 2.12. The molecule has 98 valence electrons. The summed E-state index contributed by atoms with van der Waals surface area (Å²) in [4.78, 5) is 11.1. The Morgan fingerprint density at radius 2 is 2.39 bits per heavy atom. The minimum Gasteiger partial charge on any atom is -0.478 e. The highest BCUT2D eigenvalue weighted by molar-refractivity contribution is 5.95. The second-order valence-electron chi connectivity index (χ2n) is 4.56. The molecule has 0 aliphatic carbocycles. The van der Waals surface area contributed by atoms with Gasteiger partial charge in [-0.15, -0.1) is 0 Å². The van der Waals surface area contributed by atoms with E-state index in [1.165, 1.54) is 6.07 Å². The smallest absolute Gasteiger partial charge is 0.337 e. The SMILES string of the molecule is Nc1ccc(C(=O)O)c(NCCC2CCOC2)c1. The maximum absolute atomic E-state index is 11.1. The largest absolute Gasteiger partial charge is 0.478 e. The first kappa shape index (κ1) is 12.7. The number of nitrogens with one attached hydrogen (secondary N) is 1. The first-order valence-corrected chi connectivity index (χ1v) is 6.11. The molecule has 5 nitrogen and oxygen atoms in total. The number of hydrogen-bond donors (Lipinski definition) is 3. The highest BCUT2D eigenvalue weighted by Gasteiger charge is 2.15. The van der Waals surface area contributed by atoms with E-state index in [4.69, 9.17) is 15.6 Å². The molecule has 0 amide bonds. The number of nitrogens with two attached hydrogens (primary N) is 1. The Hall–Kier alpha value is -1.75. The van der Waals surface area contributed by atoms with Gasteiger partial charge in [0.1, 0.15) is 0 Å². The van der Waals surface area contributed by atoms with Crippen molar-refractivity contribution < 1.29 is 14.6 Å². The van der Waals surface area contributed by atoms with Crippen molar-refractivity contribution in [1.82, 2.24) is 0 Å². The Balaban J connectivity index is 1.94. The molecule has 4 N–H and O–H groups in total. The predicted molar refractivity (Wildman–Crippen MR) is 69.8 cm³/mol. The first-order chi connectivity index (χ1) is 8.66. The van der Waals surface area contributed by atoms with Crippen LogP contribution in [0.5, 0.6) is 0 Å². The van der Waals surface area contributed by atoms with Crippen LogP contribution in [0.2, 0.25) is 0 Å². The molecule has 0 radical (unpaired) electrons. The number of benzene rings is 1. The van der Waals surface area contributed by atoms with Crippen molar-refractivity contribution >= 4 is 17.3 Å². The van der Waals surface area contributed by atoms with Crippen LogP contribution in [0.4, 0.5) is 11.4 Å². The lowest BCUT2D eigenvalue weighted by Gasteiger charge is -2.12. The standard InChI is InChI=1S/C13H18N2O3/c14-10-1-2-11(13(16)17)12(7-10)15-5-3-9-4-6-18-8-9/h1-2,7,9,15H,3-6,8,14H2,(H,16,17). The van der Waals surface area contributed by atoms with E-state index in [0.29, 0.717) is 17.3 Å². The molecule has 1 heterocycles. The van der Waals surface area contributed by atoms with Crippen LogP contribution in [-0.2, 0) is 4.74 Å². The molecule has 2 rings (SSSR count).